The maximum absolute atomic E-state index is 12.7. The monoisotopic (exact) mass is 348 g/mol. The molecule has 3 nitrogen and oxygen atoms in total. The van der Waals surface area contributed by atoms with Crippen LogP contribution in [0.25, 0.3) is 0 Å². The Morgan fingerprint density at radius 2 is 1.24 bits per heavy atom. The van der Waals surface area contributed by atoms with Crippen LogP contribution in [0.5, 0.6) is 0 Å². The van der Waals surface area contributed by atoms with Gasteiger partial charge in [0.25, 0.3) is 0 Å². The molecule has 25 heavy (non-hydrogen) atoms. The molecule has 1 amide bonds. The lowest BCUT2D eigenvalue weighted by Crippen LogP contribution is -2.40. The molecule has 0 bridgehead atoms. The first-order valence-electron chi connectivity index (χ1n) is 11.3. The molecule has 1 saturated heterocycles. The van der Waals surface area contributed by atoms with Crippen molar-refractivity contribution in [1.29, 1.82) is 0 Å². The highest BCUT2D eigenvalue weighted by atomic mass is 16.1. The van der Waals surface area contributed by atoms with Crippen LogP contribution in [0.3, 0.4) is 0 Å². The van der Waals surface area contributed by atoms with Crippen molar-refractivity contribution in [3.63, 3.8) is 0 Å². The summed E-state index contributed by atoms with van der Waals surface area (Å²) in [5.41, 5.74) is 0. The number of carbonyl (C=O) groups excluding carboxylic acids is 1. The van der Waals surface area contributed by atoms with Gasteiger partial charge in [0.15, 0.2) is 0 Å². The van der Waals surface area contributed by atoms with Crippen LogP contribution < -0.4 is 10.6 Å². The predicted molar refractivity (Wildman–Crippen MR) is 105 cm³/mol. The van der Waals surface area contributed by atoms with Gasteiger partial charge in [0.2, 0.25) is 5.91 Å². The molecule has 0 aromatic carbocycles. The van der Waals surface area contributed by atoms with Crippen molar-refractivity contribution in [2.24, 2.45) is 17.8 Å². The van der Waals surface area contributed by atoms with E-state index in [4.69, 9.17) is 0 Å². The lowest BCUT2D eigenvalue weighted by atomic mass is 9.77. The number of amides is 1. The lowest BCUT2D eigenvalue weighted by molar-refractivity contribution is -0.126. The zero-order valence-corrected chi connectivity index (χ0v) is 16.2. The summed E-state index contributed by atoms with van der Waals surface area (Å²) in [5.74, 6) is 2.55. The average molecular weight is 349 g/mol. The smallest absolute Gasteiger partial charge is 0.223 e. The van der Waals surface area contributed by atoms with Crippen LogP contribution in [-0.4, -0.2) is 25.0 Å². The zero-order chi connectivity index (χ0) is 17.3. The molecule has 2 saturated carbocycles. The van der Waals surface area contributed by atoms with Crippen molar-refractivity contribution >= 4 is 5.91 Å². The van der Waals surface area contributed by atoms with E-state index in [9.17, 15) is 4.79 Å². The SMILES string of the molecule is O=C(N[C@@H]1CCNC1)C1CCCCC(C2CCCCCCC2)CCC1. The lowest BCUT2D eigenvalue weighted by Gasteiger charge is -2.29. The van der Waals surface area contributed by atoms with Crippen LogP contribution in [0.1, 0.15) is 96.3 Å². The van der Waals surface area contributed by atoms with Crippen LogP contribution in [-0.2, 0) is 4.79 Å². The molecule has 3 heteroatoms. The van der Waals surface area contributed by atoms with Gasteiger partial charge in [-0.15, -0.1) is 0 Å². The summed E-state index contributed by atoms with van der Waals surface area (Å²) < 4.78 is 0. The molecule has 3 rings (SSSR count). The molecule has 2 aliphatic carbocycles. The van der Waals surface area contributed by atoms with E-state index in [2.05, 4.69) is 10.6 Å². The Kier molecular flexibility index (Phi) is 8.10. The topological polar surface area (TPSA) is 41.1 Å². The second-order valence-corrected chi connectivity index (χ2v) is 8.98. The van der Waals surface area contributed by atoms with Gasteiger partial charge in [0, 0.05) is 18.5 Å². The standard InChI is InChI=1S/C22H40N2O/c25-22(24-21-15-16-23-17-21)20-12-7-6-11-19(13-8-14-20)18-9-4-2-1-3-5-10-18/h18-21,23H,1-17H2,(H,24,25)/t19?,20?,21-/m1/s1. The van der Waals surface area contributed by atoms with Crippen LogP contribution in [0.15, 0.2) is 0 Å². The third-order valence-electron chi connectivity index (χ3n) is 7.10. The van der Waals surface area contributed by atoms with Crippen molar-refractivity contribution < 1.29 is 4.79 Å². The maximum Gasteiger partial charge on any atom is 0.223 e. The molecule has 3 fully saturated rings. The van der Waals surface area contributed by atoms with E-state index < -0.39 is 0 Å². The molecule has 1 aliphatic heterocycles. The first-order valence-corrected chi connectivity index (χ1v) is 11.3. The van der Waals surface area contributed by atoms with Crippen molar-refractivity contribution in [3.8, 4) is 0 Å². The summed E-state index contributed by atoms with van der Waals surface area (Å²) in [5, 5.41) is 6.66. The minimum Gasteiger partial charge on any atom is -0.352 e. The van der Waals surface area contributed by atoms with Gasteiger partial charge in [-0.05, 0) is 37.6 Å². The first-order chi connectivity index (χ1) is 12.3. The molecule has 144 valence electrons. The predicted octanol–water partition coefficient (Wildman–Crippen LogP) is 4.80. The van der Waals surface area contributed by atoms with Gasteiger partial charge in [-0.2, -0.15) is 0 Å². The van der Waals surface area contributed by atoms with Crippen LogP contribution >= 0.6 is 0 Å². The quantitative estimate of drug-likeness (QED) is 0.769. The number of hydrogen-bond donors (Lipinski definition) is 2. The van der Waals surface area contributed by atoms with E-state index in [0.717, 1.165) is 44.2 Å². The van der Waals surface area contributed by atoms with E-state index in [1.54, 1.807) is 0 Å². The normalized spacial score (nSPS) is 33.5. The van der Waals surface area contributed by atoms with Gasteiger partial charge in [-0.25, -0.2) is 0 Å². The van der Waals surface area contributed by atoms with Crippen LogP contribution in [0, 0.1) is 17.8 Å². The third-order valence-corrected chi connectivity index (χ3v) is 7.10. The molecule has 0 radical (unpaired) electrons. The van der Waals surface area contributed by atoms with Gasteiger partial charge in [0.1, 0.15) is 0 Å². The number of nitrogens with one attached hydrogen (secondary N) is 2. The van der Waals surface area contributed by atoms with E-state index in [-0.39, 0.29) is 5.92 Å². The Morgan fingerprint density at radius 1 is 0.680 bits per heavy atom. The number of rotatable bonds is 3. The van der Waals surface area contributed by atoms with Gasteiger partial charge < -0.3 is 10.6 Å². The fraction of sp³-hybridized carbons (Fsp3) is 0.955. The van der Waals surface area contributed by atoms with Crippen molar-refractivity contribution in [3.05, 3.63) is 0 Å². The second-order valence-electron chi connectivity index (χ2n) is 8.98. The summed E-state index contributed by atoms with van der Waals surface area (Å²) in [6.45, 7) is 2.01. The van der Waals surface area contributed by atoms with E-state index in [1.165, 1.54) is 77.0 Å². The fourth-order valence-corrected chi connectivity index (χ4v) is 5.50. The summed E-state index contributed by atoms with van der Waals surface area (Å²) in [7, 11) is 0. The third kappa shape index (κ3) is 6.27. The van der Waals surface area contributed by atoms with Gasteiger partial charge in [-0.1, -0.05) is 77.0 Å². The zero-order valence-electron chi connectivity index (χ0n) is 16.2. The van der Waals surface area contributed by atoms with E-state index >= 15 is 0 Å². The summed E-state index contributed by atoms with van der Waals surface area (Å²) >= 11 is 0. The minimum absolute atomic E-state index is 0.275. The number of carbonyl (C=O) groups is 1. The number of hydrogen-bond acceptors (Lipinski definition) is 2. The highest BCUT2D eigenvalue weighted by molar-refractivity contribution is 5.79. The van der Waals surface area contributed by atoms with Gasteiger partial charge in [0.05, 0.1) is 0 Å². The highest BCUT2D eigenvalue weighted by Gasteiger charge is 2.27. The van der Waals surface area contributed by atoms with Crippen LogP contribution in [0.4, 0.5) is 0 Å². The van der Waals surface area contributed by atoms with Gasteiger partial charge in [-0.3, -0.25) is 4.79 Å². The Balaban J connectivity index is 1.46. The Hall–Kier alpha value is -0.570. The molecule has 1 heterocycles. The van der Waals surface area contributed by atoms with Crippen molar-refractivity contribution in [1.82, 2.24) is 10.6 Å². The Morgan fingerprint density at radius 3 is 1.92 bits per heavy atom. The highest BCUT2D eigenvalue weighted by Crippen LogP contribution is 2.36. The summed E-state index contributed by atoms with van der Waals surface area (Å²) in [6, 6.07) is 0.378. The molecular weight excluding hydrogens is 308 g/mol. The summed E-state index contributed by atoms with van der Waals surface area (Å²) in [6.07, 6.45) is 20.2. The second kappa shape index (κ2) is 10.5. The van der Waals surface area contributed by atoms with Gasteiger partial charge >= 0.3 is 0 Å². The average Bonchev–Trinajstić information content (AvgIpc) is 3.10. The van der Waals surface area contributed by atoms with Crippen molar-refractivity contribution in [2.75, 3.05) is 13.1 Å². The Bertz CT molecular complexity index is 383. The van der Waals surface area contributed by atoms with E-state index in [0.29, 0.717) is 11.9 Å². The Labute approximate surface area is 155 Å². The molecule has 0 aromatic heterocycles. The molecule has 2 N–H and O–H groups in total. The fourth-order valence-electron chi connectivity index (χ4n) is 5.50. The maximum atomic E-state index is 12.7. The largest absolute Gasteiger partial charge is 0.352 e. The summed E-state index contributed by atoms with van der Waals surface area (Å²) in [4.78, 5) is 12.7. The minimum atomic E-state index is 0.275. The van der Waals surface area contributed by atoms with Crippen LogP contribution in [0.2, 0.25) is 0 Å². The molecule has 3 aliphatic rings. The molecular formula is C22H40N2O. The molecule has 3 atom stereocenters. The molecule has 0 spiro atoms. The van der Waals surface area contributed by atoms with E-state index in [1.807, 2.05) is 0 Å². The molecule has 0 aromatic rings. The molecule has 2 unspecified atom stereocenters. The van der Waals surface area contributed by atoms with Crippen molar-refractivity contribution in [2.45, 2.75) is 102 Å². The first kappa shape index (κ1) is 19.2.